The van der Waals surface area contributed by atoms with Gasteiger partial charge in [0.25, 0.3) is 0 Å². The maximum Gasteiger partial charge on any atom is 0.0133 e. The maximum absolute atomic E-state index is 2.42. The van der Waals surface area contributed by atoms with E-state index in [0.29, 0.717) is 11.3 Å². The van der Waals surface area contributed by atoms with E-state index < -0.39 is 0 Å². The topological polar surface area (TPSA) is 0 Å². The van der Waals surface area contributed by atoms with E-state index in [1.54, 1.807) is 11.1 Å². The van der Waals surface area contributed by atoms with Crippen molar-refractivity contribution < 1.29 is 0 Å². The van der Waals surface area contributed by atoms with Gasteiger partial charge in [-0.05, 0) is 64.1 Å². The van der Waals surface area contributed by atoms with Gasteiger partial charge in [0.15, 0.2) is 0 Å². The van der Waals surface area contributed by atoms with Gasteiger partial charge >= 0.3 is 0 Å². The summed E-state index contributed by atoms with van der Waals surface area (Å²) in [6.07, 6.45) is 5.83. The van der Waals surface area contributed by atoms with Crippen LogP contribution in [0.3, 0.4) is 0 Å². The molecule has 0 radical (unpaired) electrons. The van der Waals surface area contributed by atoms with E-state index in [9.17, 15) is 0 Å². The van der Waals surface area contributed by atoms with Crippen LogP contribution in [0.2, 0.25) is 0 Å². The zero-order valence-electron chi connectivity index (χ0n) is 11.1. The van der Waals surface area contributed by atoms with Crippen LogP contribution in [0.15, 0.2) is 30.4 Å². The molecule has 92 valence electrons. The quantitative estimate of drug-likeness (QED) is 0.508. The van der Waals surface area contributed by atoms with Crippen LogP contribution >= 0.6 is 22.6 Å². The second-order valence-electron chi connectivity index (χ2n) is 5.52. The van der Waals surface area contributed by atoms with Gasteiger partial charge in [-0.15, -0.1) is 0 Å². The fourth-order valence-corrected chi connectivity index (χ4v) is 3.94. The van der Waals surface area contributed by atoms with E-state index in [2.05, 4.69) is 80.6 Å². The highest BCUT2D eigenvalue weighted by Gasteiger charge is 2.43. The number of hydrogen-bond acceptors (Lipinski definition) is 0. The van der Waals surface area contributed by atoms with E-state index >= 15 is 0 Å². The third-order valence-corrected chi connectivity index (χ3v) is 4.94. The molecule has 2 atom stereocenters. The molecule has 0 saturated heterocycles. The molecular weight excluding hydrogens is 319 g/mol. The average molecular weight is 340 g/mol. The molecule has 0 heterocycles. The number of benzene rings is 1. The third-order valence-electron chi connectivity index (χ3n) is 4.27. The lowest BCUT2D eigenvalue weighted by Crippen LogP contribution is -2.25. The molecule has 0 nitrogen and oxygen atoms in total. The van der Waals surface area contributed by atoms with Crippen molar-refractivity contribution in [1.82, 2.24) is 0 Å². The third kappa shape index (κ3) is 2.07. The molecule has 1 aromatic carbocycles. The fraction of sp³-hybridized carbons (Fsp3) is 0.500. The van der Waals surface area contributed by atoms with Crippen LogP contribution in [0.5, 0.6) is 0 Å². The predicted octanol–water partition coefficient (Wildman–Crippen LogP) is 5.27. The largest absolute Gasteiger partial charge is 0.0910 e. The Labute approximate surface area is 119 Å². The zero-order valence-corrected chi connectivity index (χ0v) is 13.3. The van der Waals surface area contributed by atoms with Gasteiger partial charge in [-0.25, -0.2) is 0 Å². The SMILES string of the molecule is C/C=C\C1c2ccc(I)cc2C(C)(C)C1CC. The zero-order chi connectivity index (χ0) is 12.6. The number of fused-ring (bicyclic) bond motifs is 1. The van der Waals surface area contributed by atoms with Gasteiger partial charge < -0.3 is 0 Å². The van der Waals surface area contributed by atoms with Crippen molar-refractivity contribution in [3.63, 3.8) is 0 Å². The fourth-order valence-electron chi connectivity index (χ4n) is 3.45. The van der Waals surface area contributed by atoms with Crippen molar-refractivity contribution in [3.05, 3.63) is 45.0 Å². The van der Waals surface area contributed by atoms with Gasteiger partial charge in [0.2, 0.25) is 0 Å². The highest BCUT2D eigenvalue weighted by atomic mass is 127. The molecule has 1 heteroatoms. The summed E-state index contributed by atoms with van der Waals surface area (Å²) in [6.45, 7) is 9.25. The summed E-state index contributed by atoms with van der Waals surface area (Å²) < 4.78 is 1.35. The van der Waals surface area contributed by atoms with Crippen molar-refractivity contribution in [2.45, 2.75) is 45.4 Å². The van der Waals surface area contributed by atoms with E-state index in [1.165, 1.54) is 9.99 Å². The minimum atomic E-state index is 0.301. The lowest BCUT2D eigenvalue weighted by Gasteiger charge is -2.29. The lowest BCUT2D eigenvalue weighted by atomic mass is 9.74. The molecule has 0 aromatic heterocycles. The molecule has 2 rings (SSSR count). The van der Waals surface area contributed by atoms with Crippen LogP contribution in [0.4, 0.5) is 0 Å². The summed E-state index contributed by atoms with van der Waals surface area (Å²) in [7, 11) is 0. The summed E-state index contributed by atoms with van der Waals surface area (Å²) >= 11 is 2.42. The van der Waals surface area contributed by atoms with Crippen LogP contribution in [0.25, 0.3) is 0 Å². The van der Waals surface area contributed by atoms with Crippen LogP contribution in [-0.2, 0) is 5.41 Å². The number of allylic oxidation sites excluding steroid dienone is 2. The van der Waals surface area contributed by atoms with E-state index in [1.807, 2.05) is 0 Å². The van der Waals surface area contributed by atoms with Crippen molar-refractivity contribution in [3.8, 4) is 0 Å². The summed E-state index contributed by atoms with van der Waals surface area (Å²) in [5.74, 6) is 1.33. The molecule has 0 spiro atoms. The monoisotopic (exact) mass is 340 g/mol. The first-order valence-corrected chi connectivity index (χ1v) is 7.53. The van der Waals surface area contributed by atoms with Crippen LogP contribution in [-0.4, -0.2) is 0 Å². The Morgan fingerprint density at radius 1 is 1.35 bits per heavy atom. The first-order valence-electron chi connectivity index (χ1n) is 6.45. The number of halogens is 1. The van der Waals surface area contributed by atoms with Gasteiger partial charge in [0, 0.05) is 9.49 Å². The van der Waals surface area contributed by atoms with Crippen LogP contribution in [0.1, 0.15) is 51.2 Å². The summed E-state index contributed by atoms with van der Waals surface area (Å²) in [5.41, 5.74) is 3.40. The van der Waals surface area contributed by atoms with Crippen molar-refractivity contribution in [2.75, 3.05) is 0 Å². The van der Waals surface area contributed by atoms with E-state index in [-0.39, 0.29) is 0 Å². The number of hydrogen-bond donors (Lipinski definition) is 0. The van der Waals surface area contributed by atoms with E-state index in [4.69, 9.17) is 0 Å². The Kier molecular flexibility index (Phi) is 3.67. The second kappa shape index (κ2) is 4.75. The first kappa shape index (κ1) is 13.1. The predicted molar refractivity (Wildman–Crippen MR) is 83.5 cm³/mol. The summed E-state index contributed by atoms with van der Waals surface area (Å²) in [6, 6.07) is 6.95. The average Bonchev–Trinajstić information content (AvgIpc) is 2.48. The van der Waals surface area contributed by atoms with Gasteiger partial charge in [-0.1, -0.05) is 45.4 Å². The molecule has 17 heavy (non-hydrogen) atoms. The van der Waals surface area contributed by atoms with Crippen molar-refractivity contribution in [1.29, 1.82) is 0 Å². The molecule has 1 aliphatic carbocycles. The Hall–Kier alpha value is -0.310. The first-order chi connectivity index (χ1) is 8.02. The molecule has 0 bridgehead atoms. The normalized spacial score (nSPS) is 26.4. The summed E-state index contributed by atoms with van der Waals surface area (Å²) in [5, 5.41) is 0. The molecule has 0 N–H and O–H groups in total. The van der Waals surface area contributed by atoms with Gasteiger partial charge in [0.05, 0.1) is 0 Å². The van der Waals surface area contributed by atoms with Gasteiger partial charge in [0.1, 0.15) is 0 Å². The Balaban J connectivity index is 2.59. The molecule has 2 unspecified atom stereocenters. The van der Waals surface area contributed by atoms with Crippen LogP contribution in [0, 0.1) is 9.49 Å². The molecule has 0 fully saturated rings. The smallest absolute Gasteiger partial charge is 0.0133 e. The molecular formula is C16H21I. The maximum atomic E-state index is 2.42. The Bertz CT molecular complexity index is 443. The minimum Gasteiger partial charge on any atom is -0.0910 e. The highest BCUT2D eigenvalue weighted by Crippen LogP contribution is 2.52. The standard InChI is InChI=1S/C16H21I/c1-5-7-12-13-9-8-11(17)10-15(13)16(3,4)14(12)6-2/h5,7-10,12,14H,6H2,1-4H3/b7-5-. The van der Waals surface area contributed by atoms with Gasteiger partial charge in [-0.3, -0.25) is 0 Å². The molecule has 1 aliphatic rings. The number of rotatable bonds is 2. The van der Waals surface area contributed by atoms with Crippen molar-refractivity contribution in [2.24, 2.45) is 5.92 Å². The molecule has 1 aromatic rings. The molecule has 0 aliphatic heterocycles. The highest BCUT2D eigenvalue weighted by molar-refractivity contribution is 14.1. The lowest BCUT2D eigenvalue weighted by molar-refractivity contribution is 0.318. The molecule has 0 amide bonds. The second-order valence-corrected chi connectivity index (χ2v) is 6.77. The van der Waals surface area contributed by atoms with E-state index in [0.717, 1.165) is 5.92 Å². The Morgan fingerprint density at radius 2 is 2.06 bits per heavy atom. The summed E-state index contributed by atoms with van der Waals surface area (Å²) in [4.78, 5) is 0. The van der Waals surface area contributed by atoms with Gasteiger partial charge in [-0.2, -0.15) is 0 Å². The van der Waals surface area contributed by atoms with Crippen molar-refractivity contribution >= 4 is 22.6 Å². The molecule has 0 saturated carbocycles. The minimum absolute atomic E-state index is 0.301. The Morgan fingerprint density at radius 3 is 2.65 bits per heavy atom. The van der Waals surface area contributed by atoms with Crippen LogP contribution < -0.4 is 0 Å².